The molecule has 2 heterocycles. The fourth-order valence-electron chi connectivity index (χ4n) is 2.70. The van der Waals surface area contributed by atoms with Crippen molar-refractivity contribution in [3.8, 4) is 11.5 Å². The van der Waals surface area contributed by atoms with Crippen molar-refractivity contribution in [1.82, 2.24) is 9.38 Å². The Balaban J connectivity index is 2.12. The van der Waals surface area contributed by atoms with Crippen LogP contribution in [0, 0.1) is 6.92 Å². The number of aromatic nitrogens is 2. The van der Waals surface area contributed by atoms with Crippen molar-refractivity contribution in [3.63, 3.8) is 0 Å². The van der Waals surface area contributed by atoms with E-state index in [1.165, 1.54) is 0 Å². The van der Waals surface area contributed by atoms with Crippen LogP contribution in [-0.4, -0.2) is 23.6 Å². The average Bonchev–Trinajstić information content (AvgIpc) is 2.97. The van der Waals surface area contributed by atoms with Crippen LogP contribution in [0.5, 0.6) is 11.5 Å². The maximum atomic E-state index is 5.40. The van der Waals surface area contributed by atoms with E-state index in [0.29, 0.717) is 17.2 Å². The van der Waals surface area contributed by atoms with Gasteiger partial charge in [0.15, 0.2) is 5.82 Å². The molecule has 0 aliphatic heterocycles. The smallest absolute Gasteiger partial charge is 0.183 e. The second-order valence-electron chi connectivity index (χ2n) is 7.20. The molecular formula is C20H24N4O2. The molecule has 0 saturated carbocycles. The van der Waals surface area contributed by atoms with Crippen LogP contribution < -0.4 is 9.47 Å². The highest BCUT2D eigenvalue weighted by Gasteiger charge is 2.24. The van der Waals surface area contributed by atoms with Crippen LogP contribution in [-0.2, 0) is 5.41 Å². The summed E-state index contributed by atoms with van der Waals surface area (Å²) < 4.78 is 12.6. The summed E-state index contributed by atoms with van der Waals surface area (Å²) >= 11 is 0. The van der Waals surface area contributed by atoms with Gasteiger partial charge in [-0.05, 0) is 36.8 Å². The van der Waals surface area contributed by atoms with Crippen molar-refractivity contribution in [2.24, 2.45) is 10.2 Å². The Kier molecular flexibility index (Phi) is 4.68. The molecule has 26 heavy (non-hydrogen) atoms. The van der Waals surface area contributed by atoms with Gasteiger partial charge in [0.1, 0.15) is 22.8 Å². The van der Waals surface area contributed by atoms with E-state index in [4.69, 9.17) is 14.5 Å². The van der Waals surface area contributed by atoms with Crippen LogP contribution in [0.2, 0.25) is 0 Å². The Morgan fingerprint density at radius 3 is 2.42 bits per heavy atom. The van der Waals surface area contributed by atoms with Gasteiger partial charge in [-0.3, -0.25) is 4.40 Å². The number of hydrogen-bond donors (Lipinski definition) is 0. The fraction of sp³-hybridized carbons (Fsp3) is 0.350. The zero-order valence-corrected chi connectivity index (χ0v) is 16.1. The largest absolute Gasteiger partial charge is 0.497 e. The number of pyridine rings is 1. The number of methoxy groups -OCH3 is 2. The maximum Gasteiger partial charge on any atom is 0.183 e. The van der Waals surface area contributed by atoms with Crippen LogP contribution in [0.25, 0.3) is 5.65 Å². The van der Waals surface area contributed by atoms with Gasteiger partial charge in [-0.1, -0.05) is 20.8 Å². The lowest BCUT2D eigenvalue weighted by molar-refractivity contribution is 0.395. The lowest BCUT2D eigenvalue weighted by atomic mass is 9.92. The molecule has 0 fully saturated rings. The minimum Gasteiger partial charge on any atom is -0.497 e. The number of hydrogen-bond acceptors (Lipinski definition) is 5. The van der Waals surface area contributed by atoms with Crippen LogP contribution in [0.15, 0.2) is 46.8 Å². The molecule has 0 N–H and O–H groups in total. The second-order valence-corrected chi connectivity index (χ2v) is 7.20. The minimum atomic E-state index is -0.154. The van der Waals surface area contributed by atoms with Crippen LogP contribution >= 0.6 is 0 Å². The molecule has 3 aromatic rings. The fourth-order valence-corrected chi connectivity index (χ4v) is 2.70. The number of imidazole rings is 1. The van der Waals surface area contributed by atoms with E-state index in [1.54, 1.807) is 20.3 Å². The highest BCUT2D eigenvalue weighted by Crippen LogP contribution is 2.36. The van der Waals surface area contributed by atoms with E-state index >= 15 is 0 Å². The van der Waals surface area contributed by atoms with Crippen molar-refractivity contribution in [1.29, 1.82) is 0 Å². The van der Waals surface area contributed by atoms with E-state index < -0.39 is 0 Å². The number of nitrogens with zero attached hydrogens (tertiary/aromatic N) is 4. The van der Waals surface area contributed by atoms with E-state index in [0.717, 1.165) is 22.7 Å². The molecule has 0 unspecified atom stereocenters. The molecule has 0 spiro atoms. The first-order chi connectivity index (χ1) is 12.3. The monoisotopic (exact) mass is 352 g/mol. The molecular weight excluding hydrogens is 328 g/mol. The summed E-state index contributed by atoms with van der Waals surface area (Å²) in [7, 11) is 3.22. The van der Waals surface area contributed by atoms with Crippen molar-refractivity contribution in [3.05, 3.63) is 47.8 Å². The molecule has 0 saturated heterocycles. The van der Waals surface area contributed by atoms with Gasteiger partial charge in [0.05, 0.1) is 19.9 Å². The summed E-state index contributed by atoms with van der Waals surface area (Å²) in [5.74, 6) is 2.04. The maximum absolute atomic E-state index is 5.40. The molecule has 6 nitrogen and oxygen atoms in total. The number of rotatable bonds is 4. The first kappa shape index (κ1) is 17.9. The molecule has 0 aliphatic carbocycles. The topological polar surface area (TPSA) is 60.5 Å². The number of azo groups is 1. The van der Waals surface area contributed by atoms with Crippen molar-refractivity contribution in [2.45, 2.75) is 33.1 Å². The summed E-state index contributed by atoms with van der Waals surface area (Å²) in [5.41, 5.74) is 3.40. The highest BCUT2D eigenvalue weighted by atomic mass is 16.5. The third-order valence-electron chi connectivity index (χ3n) is 4.11. The lowest BCUT2D eigenvalue weighted by Crippen LogP contribution is -2.11. The summed E-state index contributed by atoms with van der Waals surface area (Å²) in [6.07, 6.45) is 1.98. The number of fused-ring (bicyclic) bond motifs is 1. The Bertz CT molecular complexity index is 968. The van der Waals surface area contributed by atoms with Crippen molar-refractivity contribution >= 4 is 17.2 Å². The Hall–Kier alpha value is -2.89. The molecule has 0 radical (unpaired) electrons. The van der Waals surface area contributed by atoms with E-state index in [2.05, 4.69) is 37.9 Å². The molecule has 0 bridgehead atoms. The molecule has 3 rings (SSSR count). The Morgan fingerprint density at radius 2 is 1.77 bits per heavy atom. The molecule has 0 atom stereocenters. The van der Waals surface area contributed by atoms with Gasteiger partial charge < -0.3 is 9.47 Å². The molecule has 1 aromatic carbocycles. The molecule has 0 aliphatic rings. The first-order valence-corrected chi connectivity index (χ1v) is 8.46. The van der Waals surface area contributed by atoms with Gasteiger partial charge in [0.2, 0.25) is 0 Å². The molecule has 6 heteroatoms. The number of benzene rings is 1. The SMILES string of the molecule is COc1ccc(N=Nc2c(C(C)(C)C)nc3cc(C)ccn23)c(OC)c1. The molecule has 136 valence electrons. The van der Waals surface area contributed by atoms with E-state index in [1.807, 2.05) is 34.9 Å². The third-order valence-corrected chi connectivity index (χ3v) is 4.11. The Morgan fingerprint density at radius 1 is 1.00 bits per heavy atom. The van der Waals surface area contributed by atoms with Gasteiger partial charge >= 0.3 is 0 Å². The zero-order chi connectivity index (χ0) is 18.9. The van der Waals surface area contributed by atoms with Gasteiger partial charge in [-0.2, -0.15) is 0 Å². The predicted octanol–water partition coefficient (Wildman–Crippen LogP) is 5.37. The van der Waals surface area contributed by atoms with Crippen molar-refractivity contribution in [2.75, 3.05) is 14.2 Å². The van der Waals surface area contributed by atoms with Gasteiger partial charge in [-0.25, -0.2) is 4.98 Å². The van der Waals surface area contributed by atoms with Gasteiger partial charge in [0.25, 0.3) is 0 Å². The van der Waals surface area contributed by atoms with Crippen molar-refractivity contribution < 1.29 is 9.47 Å². The predicted molar refractivity (Wildman–Crippen MR) is 102 cm³/mol. The quantitative estimate of drug-likeness (QED) is 0.593. The van der Waals surface area contributed by atoms with Gasteiger partial charge in [-0.15, -0.1) is 10.2 Å². The average molecular weight is 352 g/mol. The molecule has 2 aromatic heterocycles. The normalized spacial score (nSPS) is 12.1. The van der Waals surface area contributed by atoms with Crippen LogP contribution in [0.4, 0.5) is 11.5 Å². The number of aryl methyl sites for hydroxylation is 1. The summed E-state index contributed by atoms with van der Waals surface area (Å²) in [6.45, 7) is 8.41. The van der Waals surface area contributed by atoms with Gasteiger partial charge in [0, 0.05) is 17.7 Å². The second kappa shape index (κ2) is 6.78. The summed E-state index contributed by atoms with van der Waals surface area (Å²) in [6, 6.07) is 9.53. The third kappa shape index (κ3) is 3.40. The zero-order valence-electron chi connectivity index (χ0n) is 16.1. The van der Waals surface area contributed by atoms with E-state index in [-0.39, 0.29) is 5.41 Å². The lowest BCUT2D eigenvalue weighted by Gasteiger charge is -2.15. The summed E-state index contributed by atoms with van der Waals surface area (Å²) in [5, 5.41) is 8.95. The Labute approximate surface area is 153 Å². The minimum absolute atomic E-state index is 0.154. The first-order valence-electron chi connectivity index (χ1n) is 8.46. The standard InChI is InChI=1S/C20H24N4O2/c1-13-9-10-24-17(11-13)21-18(20(2,3)4)19(24)23-22-15-8-7-14(25-5)12-16(15)26-6/h7-12H,1-6H3. The van der Waals surface area contributed by atoms with Crippen LogP contribution in [0.3, 0.4) is 0 Å². The van der Waals surface area contributed by atoms with Crippen LogP contribution in [0.1, 0.15) is 32.0 Å². The summed E-state index contributed by atoms with van der Waals surface area (Å²) in [4.78, 5) is 4.78. The molecule has 0 amide bonds. The van der Waals surface area contributed by atoms with E-state index in [9.17, 15) is 0 Å². The number of ether oxygens (including phenoxy) is 2. The highest BCUT2D eigenvalue weighted by molar-refractivity contribution is 5.57.